The van der Waals surface area contributed by atoms with Crippen molar-refractivity contribution in [2.24, 2.45) is 4.99 Å². The summed E-state index contributed by atoms with van der Waals surface area (Å²) in [7, 11) is 0. The molecule has 0 spiro atoms. The third kappa shape index (κ3) is 6.61. The predicted octanol–water partition coefficient (Wildman–Crippen LogP) is 7.96. The van der Waals surface area contributed by atoms with Crippen LogP contribution in [-0.4, -0.2) is 17.0 Å². The van der Waals surface area contributed by atoms with Crippen LogP contribution >= 0.6 is 11.6 Å². The second kappa shape index (κ2) is 11.9. The second-order valence-electron chi connectivity index (χ2n) is 8.83. The topological polar surface area (TPSA) is 58.9 Å². The van der Waals surface area contributed by atoms with Crippen molar-refractivity contribution >= 4 is 29.5 Å². The Morgan fingerprint density at radius 1 is 0.857 bits per heavy atom. The zero-order valence-corrected chi connectivity index (χ0v) is 20.7. The molecule has 3 aromatic rings. The Morgan fingerprint density at radius 3 is 2.20 bits per heavy atom. The molecular formula is C30H30ClNO3. The van der Waals surface area contributed by atoms with E-state index in [9.17, 15) is 9.90 Å². The first-order valence-corrected chi connectivity index (χ1v) is 12.6. The number of aliphatic imine (C=N–C) groups is 1. The number of ether oxygens (including phenoxy) is 1. The van der Waals surface area contributed by atoms with Gasteiger partial charge in [0, 0.05) is 16.1 Å². The molecule has 5 heteroatoms. The highest BCUT2D eigenvalue weighted by atomic mass is 35.5. The highest BCUT2D eigenvalue weighted by Gasteiger charge is 2.24. The van der Waals surface area contributed by atoms with E-state index in [4.69, 9.17) is 16.3 Å². The molecule has 1 aliphatic rings. The average molecular weight is 488 g/mol. The van der Waals surface area contributed by atoms with E-state index in [1.807, 2.05) is 24.3 Å². The van der Waals surface area contributed by atoms with Gasteiger partial charge in [-0.05, 0) is 65.9 Å². The van der Waals surface area contributed by atoms with Crippen LogP contribution < -0.4 is 0 Å². The molecule has 1 heterocycles. The molecule has 0 saturated carbocycles. The number of halogens is 1. The van der Waals surface area contributed by atoms with Gasteiger partial charge in [-0.2, -0.15) is 0 Å². The summed E-state index contributed by atoms with van der Waals surface area (Å²) in [5.41, 5.74) is 4.83. The zero-order chi connectivity index (χ0) is 24.6. The molecule has 0 amide bonds. The molecule has 0 aromatic heterocycles. The third-order valence-electron chi connectivity index (χ3n) is 6.14. The summed E-state index contributed by atoms with van der Waals surface area (Å²) >= 11 is 5.99. The molecule has 3 aromatic carbocycles. The minimum Gasteiger partial charge on any atom is -0.507 e. The van der Waals surface area contributed by atoms with Gasteiger partial charge in [-0.25, -0.2) is 9.79 Å². The van der Waals surface area contributed by atoms with Gasteiger partial charge in [-0.3, -0.25) is 0 Å². The molecule has 180 valence electrons. The standard InChI is InChI=1S/C30H30ClNO3/c1-2-3-4-5-6-7-8-21-9-11-22(12-10-21)23-13-15-24(16-14-23)29-32-27(30(34)35-29)20-25-19-26(31)17-18-28(25)33/h9-20,33H,2-8H2,1H3. The van der Waals surface area contributed by atoms with Crippen LogP contribution in [0.5, 0.6) is 5.75 Å². The number of carbonyl (C=O) groups is 1. The fourth-order valence-electron chi connectivity index (χ4n) is 4.10. The van der Waals surface area contributed by atoms with Gasteiger partial charge in [0.05, 0.1) is 0 Å². The van der Waals surface area contributed by atoms with Gasteiger partial charge >= 0.3 is 5.97 Å². The van der Waals surface area contributed by atoms with E-state index < -0.39 is 5.97 Å². The number of esters is 1. The third-order valence-corrected chi connectivity index (χ3v) is 6.38. The van der Waals surface area contributed by atoms with E-state index in [1.165, 1.54) is 56.2 Å². The number of aromatic hydroxyl groups is 1. The number of phenolic OH excluding ortho intramolecular Hbond substituents is 1. The van der Waals surface area contributed by atoms with Crippen LogP contribution in [0.1, 0.15) is 62.1 Å². The van der Waals surface area contributed by atoms with E-state index in [2.05, 4.69) is 36.2 Å². The summed E-state index contributed by atoms with van der Waals surface area (Å²) in [6.07, 6.45) is 10.4. The maximum absolute atomic E-state index is 12.3. The van der Waals surface area contributed by atoms with Crippen LogP contribution in [0.2, 0.25) is 5.02 Å². The van der Waals surface area contributed by atoms with Crippen LogP contribution in [0, 0.1) is 0 Å². The van der Waals surface area contributed by atoms with E-state index in [0.717, 1.165) is 17.5 Å². The fourth-order valence-corrected chi connectivity index (χ4v) is 4.28. The van der Waals surface area contributed by atoms with E-state index >= 15 is 0 Å². The monoisotopic (exact) mass is 487 g/mol. The molecule has 0 unspecified atom stereocenters. The predicted molar refractivity (Wildman–Crippen MR) is 143 cm³/mol. The maximum Gasteiger partial charge on any atom is 0.363 e. The molecule has 4 rings (SSSR count). The Morgan fingerprint density at radius 2 is 1.49 bits per heavy atom. The van der Waals surface area contributed by atoms with Gasteiger partial charge in [0.25, 0.3) is 0 Å². The number of unbranched alkanes of at least 4 members (excludes halogenated alkanes) is 5. The maximum atomic E-state index is 12.3. The number of carbonyl (C=O) groups excluding carboxylic acids is 1. The summed E-state index contributed by atoms with van der Waals surface area (Å²) in [6, 6.07) is 21.1. The number of nitrogens with zero attached hydrogens (tertiary/aromatic N) is 1. The number of aryl methyl sites for hydroxylation is 1. The first kappa shape index (κ1) is 24.7. The fraction of sp³-hybridized carbons (Fsp3) is 0.267. The lowest BCUT2D eigenvalue weighted by atomic mass is 10.00. The van der Waals surface area contributed by atoms with Crippen molar-refractivity contribution in [2.75, 3.05) is 0 Å². The quantitative estimate of drug-likeness (QED) is 0.179. The lowest BCUT2D eigenvalue weighted by Gasteiger charge is -2.06. The summed E-state index contributed by atoms with van der Waals surface area (Å²) in [4.78, 5) is 16.6. The highest BCUT2D eigenvalue weighted by molar-refractivity contribution is 6.30. The Bertz CT molecular complexity index is 1230. The summed E-state index contributed by atoms with van der Waals surface area (Å²) < 4.78 is 5.36. The van der Waals surface area contributed by atoms with Crippen molar-refractivity contribution in [1.82, 2.24) is 0 Å². The number of cyclic esters (lactones) is 1. The van der Waals surface area contributed by atoms with E-state index in [0.29, 0.717) is 16.1 Å². The molecule has 0 fully saturated rings. The van der Waals surface area contributed by atoms with Crippen molar-refractivity contribution in [2.45, 2.75) is 51.9 Å². The van der Waals surface area contributed by atoms with Crippen LogP contribution in [0.25, 0.3) is 17.2 Å². The van der Waals surface area contributed by atoms with Gasteiger partial charge in [0.15, 0.2) is 5.70 Å². The summed E-state index contributed by atoms with van der Waals surface area (Å²) in [5.74, 6) is -0.311. The normalized spacial score (nSPS) is 14.3. The van der Waals surface area contributed by atoms with Gasteiger partial charge in [0.1, 0.15) is 5.75 Å². The molecule has 0 radical (unpaired) electrons. The highest BCUT2D eigenvalue weighted by Crippen LogP contribution is 2.27. The summed E-state index contributed by atoms with van der Waals surface area (Å²) in [5, 5.41) is 10.5. The van der Waals surface area contributed by atoms with Crippen LogP contribution in [0.3, 0.4) is 0 Å². The Kier molecular flexibility index (Phi) is 8.38. The number of hydrogen-bond acceptors (Lipinski definition) is 4. The molecule has 35 heavy (non-hydrogen) atoms. The van der Waals surface area contributed by atoms with Crippen molar-refractivity contribution < 1.29 is 14.6 Å². The second-order valence-corrected chi connectivity index (χ2v) is 9.27. The number of phenols is 1. The average Bonchev–Trinajstić information content (AvgIpc) is 3.24. The number of rotatable bonds is 10. The molecule has 0 bridgehead atoms. The Hall–Kier alpha value is -3.37. The zero-order valence-electron chi connectivity index (χ0n) is 20.0. The van der Waals surface area contributed by atoms with E-state index in [-0.39, 0.29) is 17.3 Å². The number of hydrogen-bond donors (Lipinski definition) is 1. The molecule has 1 aliphatic heterocycles. The van der Waals surface area contributed by atoms with Crippen LogP contribution in [0.4, 0.5) is 0 Å². The Balaban J connectivity index is 1.40. The van der Waals surface area contributed by atoms with Crippen LogP contribution in [0.15, 0.2) is 77.4 Å². The first-order chi connectivity index (χ1) is 17.0. The van der Waals surface area contributed by atoms with Crippen molar-refractivity contribution in [3.63, 3.8) is 0 Å². The van der Waals surface area contributed by atoms with Gasteiger partial charge in [-0.15, -0.1) is 0 Å². The van der Waals surface area contributed by atoms with Gasteiger partial charge < -0.3 is 9.84 Å². The number of benzene rings is 3. The molecular weight excluding hydrogens is 458 g/mol. The van der Waals surface area contributed by atoms with Gasteiger partial charge in [-0.1, -0.05) is 87.0 Å². The molecule has 0 aliphatic carbocycles. The van der Waals surface area contributed by atoms with Gasteiger partial charge in [0.2, 0.25) is 5.90 Å². The Labute approximate surface area is 211 Å². The lowest BCUT2D eigenvalue weighted by Crippen LogP contribution is -2.05. The van der Waals surface area contributed by atoms with E-state index in [1.54, 1.807) is 12.1 Å². The molecule has 0 atom stereocenters. The molecule has 0 saturated heterocycles. The summed E-state index contributed by atoms with van der Waals surface area (Å²) in [6.45, 7) is 2.25. The van der Waals surface area contributed by atoms with Crippen LogP contribution in [-0.2, 0) is 16.0 Å². The van der Waals surface area contributed by atoms with Crippen molar-refractivity contribution in [1.29, 1.82) is 0 Å². The first-order valence-electron chi connectivity index (χ1n) is 12.2. The van der Waals surface area contributed by atoms with Crippen molar-refractivity contribution in [3.8, 4) is 16.9 Å². The molecule has 4 nitrogen and oxygen atoms in total. The SMILES string of the molecule is CCCCCCCCc1ccc(-c2ccc(C3=NC(=Cc4cc(Cl)ccc4O)C(=O)O3)cc2)cc1. The lowest BCUT2D eigenvalue weighted by molar-refractivity contribution is -0.129. The minimum atomic E-state index is -0.565. The molecule has 1 N–H and O–H groups in total. The largest absolute Gasteiger partial charge is 0.507 e. The minimum absolute atomic E-state index is 0.0145. The smallest absolute Gasteiger partial charge is 0.363 e. The van der Waals surface area contributed by atoms with Crippen molar-refractivity contribution in [3.05, 3.63) is 94.1 Å².